The number of nitrogens with zero attached hydrogens (tertiary/aromatic N) is 6. The zero-order chi connectivity index (χ0) is 33.3. The van der Waals surface area contributed by atoms with Crippen LogP contribution in [0.5, 0.6) is 0 Å². The fourth-order valence-corrected chi connectivity index (χ4v) is 6.69. The number of aliphatic hydroxyl groups is 1. The molecule has 4 heterocycles. The Labute approximate surface area is 281 Å². The Kier molecular flexibility index (Phi) is 9.21. The van der Waals surface area contributed by atoms with E-state index in [0.29, 0.717) is 55.3 Å². The van der Waals surface area contributed by atoms with Crippen molar-refractivity contribution in [1.29, 1.82) is 0 Å². The van der Waals surface area contributed by atoms with Crippen LogP contribution in [0.3, 0.4) is 0 Å². The topological polar surface area (TPSA) is 127 Å². The highest BCUT2D eigenvalue weighted by Gasteiger charge is 2.33. The average Bonchev–Trinajstić information content (AvgIpc) is 3.68. The van der Waals surface area contributed by atoms with Gasteiger partial charge in [-0.15, -0.1) is 11.3 Å². The van der Waals surface area contributed by atoms with E-state index in [4.69, 9.17) is 16.3 Å². The van der Waals surface area contributed by atoms with Crippen LogP contribution in [0.1, 0.15) is 44.7 Å². The summed E-state index contributed by atoms with van der Waals surface area (Å²) in [6.07, 6.45) is 3.82. The highest BCUT2D eigenvalue weighted by atomic mass is 35.5. The second-order valence-electron chi connectivity index (χ2n) is 13.0. The summed E-state index contributed by atoms with van der Waals surface area (Å²) in [5.74, 6) is 0. The number of aromatic nitrogens is 5. The minimum Gasteiger partial charge on any atom is -0.444 e. The van der Waals surface area contributed by atoms with Gasteiger partial charge in [0.05, 0.1) is 24.2 Å². The van der Waals surface area contributed by atoms with Gasteiger partial charge in [-0.2, -0.15) is 5.10 Å². The molecular weight excluding hydrogens is 638 g/mol. The zero-order valence-corrected chi connectivity index (χ0v) is 28.4. The maximum absolute atomic E-state index is 13.6. The van der Waals surface area contributed by atoms with Crippen molar-refractivity contribution >= 4 is 40.1 Å². The van der Waals surface area contributed by atoms with E-state index in [1.165, 1.54) is 10.9 Å². The Morgan fingerprint density at radius 2 is 1.81 bits per heavy atom. The largest absolute Gasteiger partial charge is 0.444 e. The highest BCUT2D eigenvalue weighted by Crippen LogP contribution is 2.31. The van der Waals surface area contributed by atoms with Crippen molar-refractivity contribution in [1.82, 2.24) is 34.5 Å². The van der Waals surface area contributed by atoms with E-state index >= 15 is 0 Å². The Morgan fingerprint density at radius 1 is 1.09 bits per heavy atom. The molecule has 2 N–H and O–H groups in total. The Balaban J connectivity index is 1.10. The van der Waals surface area contributed by atoms with Gasteiger partial charge in [0.2, 0.25) is 0 Å². The number of aryl methyl sites for hydroxylation is 1. The predicted octanol–water partition coefficient (Wildman–Crippen LogP) is 5.63. The number of nitrogens with one attached hydrogen (secondary N) is 1. The number of benzene rings is 2. The van der Waals surface area contributed by atoms with Crippen LogP contribution in [-0.2, 0) is 31.4 Å². The highest BCUT2D eigenvalue weighted by molar-refractivity contribution is 7.13. The smallest absolute Gasteiger partial charge is 0.407 e. The molecule has 5 aromatic rings. The standard InChI is InChI=1S/C34H38ClN7O4S/c1-33(2,3)46-32(44)37-18-22-5-7-23(8-6-22)29-27-28(39-40(29)4)31(43)42(21-38-27)20-34(45)11-14-41(15-12-34)19-25-10-9-24(17-26(25)35)30-36-13-16-47-30/h5-10,13,16-17,21,45H,11-12,14-15,18-20H2,1-4H3,(H,37,44). The number of fused-ring (bicyclic) bond motifs is 1. The van der Waals surface area contributed by atoms with Gasteiger partial charge in [0.25, 0.3) is 5.56 Å². The maximum atomic E-state index is 13.6. The number of alkyl carbamates (subject to hydrolysis) is 1. The van der Waals surface area contributed by atoms with Crippen molar-refractivity contribution in [2.24, 2.45) is 7.05 Å². The molecule has 47 heavy (non-hydrogen) atoms. The number of likely N-dealkylation sites (tertiary alicyclic amines) is 1. The first-order chi connectivity index (χ1) is 22.4. The molecule has 1 amide bonds. The predicted molar refractivity (Wildman–Crippen MR) is 183 cm³/mol. The second kappa shape index (κ2) is 13.2. The lowest BCUT2D eigenvalue weighted by Gasteiger charge is -2.38. The van der Waals surface area contributed by atoms with E-state index in [1.807, 2.05) is 68.6 Å². The Hall–Kier alpha value is -4.10. The Morgan fingerprint density at radius 3 is 2.47 bits per heavy atom. The first-order valence-corrected chi connectivity index (χ1v) is 16.7. The van der Waals surface area contributed by atoms with Crippen LogP contribution in [0.25, 0.3) is 32.9 Å². The summed E-state index contributed by atoms with van der Waals surface area (Å²) < 4.78 is 8.42. The number of thiazole rings is 1. The molecule has 2 aromatic carbocycles. The number of carbonyl (C=O) groups is 1. The summed E-state index contributed by atoms with van der Waals surface area (Å²) in [5.41, 5.74) is 3.31. The second-order valence-corrected chi connectivity index (χ2v) is 14.3. The number of rotatable bonds is 8. The molecule has 3 aromatic heterocycles. The third-order valence-electron chi connectivity index (χ3n) is 8.25. The monoisotopic (exact) mass is 675 g/mol. The molecule has 6 rings (SSSR count). The molecule has 1 saturated heterocycles. The number of amides is 1. The fraction of sp³-hybridized carbons (Fsp3) is 0.382. The number of hydrogen-bond acceptors (Lipinski definition) is 9. The maximum Gasteiger partial charge on any atom is 0.407 e. The Bertz CT molecular complexity index is 1940. The zero-order valence-electron chi connectivity index (χ0n) is 26.9. The molecule has 0 atom stereocenters. The van der Waals surface area contributed by atoms with Crippen molar-refractivity contribution < 1.29 is 14.6 Å². The number of piperidine rings is 1. The summed E-state index contributed by atoms with van der Waals surface area (Å²) in [4.78, 5) is 36.8. The molecule has 246 valence electrons. The average molecular weight is 676 g/mol. The number of hydrogen-bond donors (Lipinski definition) is 2. The van der Waals surface area contributed by atoms with Crippen LogP contribution in [0.15, 0.2) is 65.2 Å². The third kappa shape index (κ3) is 7.57. The van der Waals surface area contributed by atoms with Crippen LogP contribution >= 0.6 is 22.9 Å². The van der Waals surface area contributed by atoms with Gasteiger partial charge in [-0.3, -0.25) is 18.9 Å². The molecule has 0 aliphatic carbocycles. The first kappa shape index (κ1) is 32.8. The minimum absolute atomic E-state index is 0.136. The lowest BCUT2D eigenvalue weighted by molar-refractivity contribution is -0.0364. The lowest BCUT2D eigenvalue weighted by Crippen LogP contribution is -2.47. The first-order valence-electron chi connectivity index (χ1n) is 15.5. The molecule has 0 radical (unpaired) electrons. The van der Waals surface area contributed by atoms with Crippen molar-refractivity contribution in [3.63, 3.8) is 0 Å². The number of carbonyl (C=O) groups excluding carboxylic acids is 1. The van der Waals surface area contributed by atoms with E-state index in [0.717, 1.165) is 27.3 Å². The summed E-state index contributed by atoms with van der Waals surface area (Å²) in [5, 5.41) is 22.3. The van der Waals surface area contributed by atoms with Gasteiger partial charge in [-0.25, -0.2) is 14.8 Å². The molecule has 0 unspecified atom stereocenters. The van der Waals surface area contributed by atoms with Crippen molar-refractivity contribution in [3.8, 4) is 21.8 Å². The minimum atomic E-state index is -1.05. The van der Waals surface area contributed by atoms with Gasteiger partial charge < -0.3 is 15.2 Å². The van der Waals surface area contributed by atoms with Gasteiger partial charge in [-0.1, -0.05) is 48.0 Å². The molecule has 13 heteroatoms. The van der Waals surface area contributed by atoms with Crippen LogP contribution in [0.2, 0.25) is 5.02 Å². The van der Waals surface area contributed by atoms with E-state index < -0.39 is 17.3 Å². The molecule has 0 bridgehead atoms. The normalized spacial score (nSPS) is 15.2. The molecule has 0 spiro atoms. The molecule has 0 saturated carbocycles. The SMILES string of the molecule is Cn1nc2c(=O)n(CC3(O)CCN(Cc4ccc(-c5nccs5)cc4Cl)CC3)cnc2c1-c1ccc(CNC(=O)OC(C)(C)C)cc1. The van der Waals surface area contributed by atoms with Gasteiger partial charge in [0.15, 0.2) is 5.52 Å². The van der Waals surface area contributed by atoms with Gasteiger partial charge in [0.1, 0.15) is 16.1 Å². The lowest BCUT2D eigenvalue weighted by atomic mass is 9.91. The van der Waals surface area contributed by atoms with E-state index in [2.05, 4.69) is 25.3 Å². The number of halogens is 1. The summed E-state index contributed by atoms with van der Waals surface area (Å²) in [7, 11) is 1.78. The van der Waals surface area contributed by atoms with Crippen LogP contribution in [-0.4, -0.2) is 64.7 Å². The van der Waals surface area contributed by atoms with Crippen molar-refractivity contribution in [3.05, 3.63) is 86.9 Å². The molecular formula is C34H38ClN7O4S. The van der Waals surface area contributed by atoms with Crippen LogP contribution in [0, 0.1) is 0 Å². The van der Waals surface area contributed by atoms with Gasteiger partial charge in [-0.05, 0) is 50.8 Å². The van der Waals surface area contributed by atoms with E-state index in [9.17, 15) is 14.7 Å². The fourth-order valence-electron chi connectivity index (χ4n) is 5.82. The third-order valence-corrected chi connectivity index (χ3v) is 9.43. The number of ether oxygens (including phenoxy) is 1. The summed E-state index contributed by atoms with van der Waals surface area (Å²) in [6, 6.07) is 13.7. The van der Waals surface area contributed by atoms with Gasteiger partial charge in [0, 0.05) is 61.0 Å². The van der Waals surface area contributed by atoms with Crippen molar-refractivity contribution in [2.45, 2.75) is 64.4 Å². The summed E-state index contributed by atoms with van der Waals surface area (Å²) >= 11 is 8.20. The van der Waals surface area contributed by atoms with Gasteiger partial charge >= 0.3 is 6.09 Å². The molecule has 11 nitrogen and oxygen atoms in total. The molecule has 1 fully saturated rings. The summed E-state index contributed by atoms with van der Waals surface area (Å²) in [6.45, 7) is 7.92. The van der Waals surface area contributed by atoms with Crippen LogP contribution in [0.4, 0.5) is 4.79 Å². The molecule has 1 aliphatic heterocycles. The molecule has 1 aliphatic rings. The van der Waals surface area contributed by atoms with Crippen LogP contribution < -0.4 is 10.9 Å². The van der Waals surface area contributed by atoms with Crippen molar-refractivity contribution in [2.75, 3.05) is 13.1 Å². The van der Waals surface area contributed by atoms with E-state index in [-0.39, 0.29) is 17.6 Å². The van der Waals surface area contributed by atoms with E-state index in [1.54, 1.807) is 29.3 Å². The quantitative estimate of drug-likeness (QED) is 0.217.